The molecule has 1 aromatic rings. The van der Waals surface area contributed by atoms with Crippen molar-refractivity contribution in [3.8, 4) is 0 Å². The van der Waals surface area contributed by atoms with Gasteiger partial charge in [-0.15, -0.1) is 6.58 Å². The Hall–Kier alpha value is -1.29. The Morgan fingerprint density at radius 3 is 3.12 bits per heavy atom. The maximum absolute atomic E-state index is 5.79. The van der Waals surface area contributed by atoms with E-state index >= 15 is 0 Å². The summed E-state index contributed by atoms with van der Waals surface area (Å²) >= 11 is 0. The van der Waals surface area contributed by atoms with Crippen molar-refractivity contribution in [2.45, 2.75) is 32.4 Å². The molecule has 4 nitrogen and oxygen atoms in total. The highest BCUT2D eigenvalue weighted by Gasteiger charge is 2.27. The predicted molar refractivity (Wildman–Crippen MR) is 71.0 cm³/mol. The third-order valence-electron chi connectivity index (χ3n) is 3.59. The molecule has 2 heterocycles. The summed E-state index contributed by atoms with van der Waals surface area (Å²) in [4.78, 5) is 6.86. The largest absolute Gasteiger partial charge is 0.339 e. The van der Waals surface area contributed by atoms with Gasteiger partial charge >= 0.3 is 0 Å². The molecule has 2 atom stereocenters. The minimum atomic E-state index is 0.545. The van der Waals surface area contributed by atoms with Crippen molar-refractivity contribution in [2.75, 3.05) is 18.0 Å². The fourth-order valence-corrected chi connectivity index (χ4v) is 2.50. The number of imidazole rings is 1. The quantitative estimate of drug-likeness (QED) is 0.806. The highest BCUT2D eigenvalue weighted by Crippen LogP contribution is 2.26. The van der Waals surface area contributed by atoms with Gasteiger partial charge in [0.25, 0.3) is 0 Å². The maximum Gasteiger partial charge on any atom is 0.205 e. The lowest BCUT2D eigenvalue weighted by atomic mass is 9.94. The van der Waals surface area contributed by atoms with Gasteiger partial charge in [-0.25, -0.2) is 4.98 Å². The highest BCUT2D eigenvalue weighted by molar-refractivity contribution is 5.34. The SMILES string of the molecule is C=CCn1ccnc1N1CC(CN)CCC1C. The topological polar surface area (TPSA) is 47.1 Å². The van der Waals surface area contributed by atoms with E-state index in [0.717, 1.165) is 25.6 Å². The number of hydrogen-bond acceptors (Lipinski definition) is 3. The number of aromatic nitrogens is 2. The molecule has 0 spiro atoms. The van der Waals surface area contributed by atoms with Gasteiger partial charge in [-0.1, -0.05) is 6.08 Å². The van der Waals surface area contributed by atoms with Crippen molar-refractivity contribution in [2.24, 2.45) is 11.7 Å². The lowest BCUT2D eigenvalue weighted by molar-refractivity contribution is 0.367. The van der Waals surface area contributed by atoms with Crippen LogP contribution >= 0.6 is 0 Å². The van der Waals surface area contributed by atoms with Crippen LogP contribution in [0.4, 0.5) is 5.95 Å². The monoisotopic (exact) mass is 234 g/mol. The first-order chi connectivity index (χ1) is 8.26. The maximum atomic E-state index is 5.79. The first-order valence-electron chi connectivity index (χ1n) is 6.35. The molecule has 2 rings (SSSR count). The van der Waals surface area contributed by atoms with Crippen LogP contribution in [0.2, 0.25) is 0 Å². The Morgan fingerprint density at radius 2 is 2.41 bits per heavy atom. The second-order valence-electron chi connectivity index (χ2n) is 4.85. The van der Waals surface area contributed by atoms with Gasteiger partial charge in [-0.2, -0.15) is 0 Å². The second-order valence-corrected chi connectivity index (χ2v) is 4.85. The van der Waals surface area contributed by atoms with E-state index in [-0.39, 0.29) is 0 Å². The van der Waals surface area contributed by atoms with Gasteiger partial charge in [0, 0.05) is 31.5 Å². The molecular weight excluding hydrogens is 212 g/mol. The first kappa shape index (κ1) is 12.2. The molecule has 0 radical (unpaired) electrons. The summed E-state index contributed by atoms with van der Waals surface area (Å²) in [6.07, 6.45) is 8.20. The minimum Gasteiger partial charge on any atom is -0.339 e. The number of piperidine rings is 1. The van der Waals surface area contributed by atoms with E-state index in [1.165, 1.54) is 12.8 Å². The van der Waals surface area contributed by atoms with E-state index in [4.69, 9.17) is 5.73 Å². The van der Waals surface area contributed by atoms with Crippen LogP contribution in [0.5, 0.6) is 0 Å². The van der Waals surface area contributed by atoms with Crippen LogP contribution in [0.25, 0.3) is 0 Å². The smallest absolute Gasteiger partial charge is 0.205 e. The van der Waals surface area contributed by atoms with Crippen molar-refractivity contribution < 1.29 is 0 Å². The molecule has 17 heavy (non-hydrogen) atoms. The molecule has 0 amide bonds. The third kappa shape index (κ3) is 2.52. The fraction of sp³-hybridized carbons (Fsp3) is 0.615. The van der Waals surface area contributed by atoms with Gasteiger partial charge in [0.05, 0.1) is 0 Å². The summed E-state index contributed by atoms with van der Waals surface area (Å²) in [7, 11) is 0. The van der Waals surface area contributed by atoms with Gasteiger partial charge in [-0.05, 0) is 32.2 Å². The number of nitrogens with zero attached hydrogens (tertiary/aromatic N) is 3. The Labute approximate surface area is 103 Å². The van der Waals surface area contributed by atoms with Crippen LogP contribution in [0.1, 0.15) is 19.8 Å². The number of hydrogen-bond donors (Lipinski definition) is 1. The molecule has 1 fully saturated rings. The first-order valence-corrected chi connectivity index (χ1v) is 6.35. The number of allylic oxidation sites excluding steroid dienone is 1. The van der Waals surface area contributed by atoms with Gasteiger partial charge in [0.1, 0.15) is 0 Å². The zero-order valence-corrected chi connectivity index (χ0v) is 10.5. The van der Waals surface area contributed by atoms with Gasteiger partial charge < -0.3 is 15.2 Å². The molecule has 1 aliphatic heterocycles. The molecule has 0 saturated carbocycles. The summed E-state index contributed by atoms with van der Waals surface area (Å²) in [6.45, 7) is 8.65. The molecule has 4 heteroatoms. The number of nitrogens with two attached hydrogens (primary N) is 1. The highest BCUT2D eigenvalue weighted by atomic mass is 15.3. The van der Waals surface area contributed by atoms with Crippen LogP contribution < -0.4 is 10.6 Å². The van der Waals surface area contributed by atoms with E-state index in [1.807, 2.05) is 18.5 Å². The van der Waals surface area contributed by atoms with Crippen LogP contribution in [-0.2, 0) is 6.54 Å². The number of anilines is 1. The summed E-state index contributed by atoms with van der Waals surface area (Å²) in [5, 5.41) is 0. The van der Waals surface area contributed by atoms with Crippen molar-refractivity contribution >= 4 is 5.95 Å². The molecular formula is C13H22N4. The predicted octanol–water partition coefficient (Wildman–Crippen LogP) is 1.63. The molecule has 1 aliphatic rings. The lowest BCUT2D eigenvalue weighted by Crippen LogP contribution is -2.45. The molecule has 1 saturated heterocycles. The summed E-state index contributed by atoms with van der Waals surface area (Å²) in [5.41, 5.74) is 5.79. The minimum absolute atomic E-state index is 0.545. The molecule has 1 aromatic heterocycles. The van der Waals surface area contributed by atoms with E-state index in [1.54, 1.807) is 0 Å². The zero-order chi connectivity index (χ0) is 12.3. The van der Waals surface area contributed by atoms with Crippen LogP contribution in [0, 0.1) is 5.92 Å². The number of rotatable bonds is 4. The standard InChI is InChI=1S/C13H22N4/c1-3-7-16-8-6-15-13(16)17-10-12(9-14)5-4-11(17)2/h3,6,8,11-12H,1,4-5,7,9-10,14H2,2H3. The molecule has 0 aromatic carbocycles. The summed E-state index contributed by atoms with van der Waals surface area (Å²) in [6, 6.07) is 0.545. The molecule has 94 valence electrons. The third-order valence-corrected chi connectivity index (χ3v) is 3.59. The normalized spacial score (nSPS) is 24.9. The lowest BCUT2D eigenvalue weighted by Gasteiger charge is -2.38. The van der Waals surface area contributed by atoms with E-state index in [9.17, 15) is 0 Å². The van der Waals surface area contributed by atoms with Crippen LogP contribution in [0.15, 0.2) is 25.0 Å². The summed E-state index contributed by atoms with van der Waals surface area (Å²) < 4.78 is 2.14. The van der Waals surface area contributed by atoms with E-state index in [2.05, 4.69) is 28.0 Å². The van der Waals surface area contributed by atoms with Crippen LogP contribution in [-0.4, -0.2) is 28.7 Å². The summed E-state index contributed by atoms with van der Waals surface area (Å²) in [5.74, 6) is 1.65. The van der Waals surface area contributed by atoms with Gasteiger partial charge in [-0.3, -0.25) is 0 Å². The van der Waals surface area contributed by atoms with Crippen molar-refractivity contribution in [3.05, 3.63) is 25.0 Å². The Balaban J connectivity index is 2.18. The molecule has 2 unspecified atom stereocenters. The average Bonchev–Trinajstić information content (AvgIpc) is 2.78. The average molecular weight is 234 g/mol. The molecule has 0 aliphatic carbocycles. The molecule has 2 N–H and O–H groups in total. The zero-order valence-electron chi connectivity index (χ0n) is 10.5. The molecule has 0 bridgehead atoms. The van der Waals surface area contributed by atoms with Crippen molar-refractivity contribution in [1.29, 1.82) is 0 Å². The second kappa shape index (κ2) is 5.36. The van der Waals surface area contributed by atoms with Crippen molar-refractivity contribution in [3.63, 3.8) is 0 Å². The Bertz CT molecular complexity index is 371. The van der Waals surface area contributed by atoms with E-state index < -0.39 is 0 Å². The van der Waals surface area contributed by atoms with Gasteiger partial charge in [0.2, 0.25) is 5.95 Å². The van der Waals surface area contributed by atoms with Gasteiger partial charge in [0.15, 0.2) is 0 Å². The Morgan fingerprint density at radius 1 is 1.59 bits per heavy atom. The Kier molecular flexibility index (Phi) is 3.84. The van der Waals surface area contributed by atoms with Crippen molar-refractivity contribution in [1.82, 2.24) is 9.55 Å². The van der Waals surface area contributed by atoms with Crippen LogP contribution in [0.3, 0.4) is 0 Å². The fourth-order valence-electron chi connectivity index (χ4n) is 2.50. The van der Waals surface area contributed by atoms with E-state index in [0.29, 0.717) is 12.0 Å².